The van der Waals surface area contributed by atoms with Crippen LogP contribution in [0.5, 0.6) is 5.75 Å². The number of carbonyl (C=O) groups is 1. The fraction of sp³-hybridized carbons (Fsp3) is 0.118. The number of nitrogens with one attached hydrogen (secondary N) is 2. The molecule has 2 N–H and O–H groups in total. The second-order valence-electron chi connectivity index (χ2n) is 4.83. The van der Waals surface area contributed by atoms with Crippen molar-refractivity contribution in [3.8, 4) is 5.75 Å². The number of aromatic nitrogens is 1. The Hall–Kier alpha value is -2.75. The number of ether oxygens (including phenoxy) is 1. The Balaban J connectivity index is 2.04. The van der Waals surface area contributed by atoms with E-state index in [-0.39, 0.29) is 5.91 Å². The van der Waals surface area contributed by atoms with E-state index < -0.39 is 0 Å². The Morgan fingerprint density at radius 2 is 1.86 bits per heavy atom. The molecule has 4 nitrogen and oxygen atoms in total. The highest BCUT2D eigenvalue weighted by atomic mass is 16.5. The van der Waals surface area contributed by atoms with Gasteiger partial charge in [0.2, 0.25) is 0 Å². The fourth-order valence-electron chi connectivity index (χ4n) is 2.50. The van der Waals surface area contributed by atoms with E-state index in [0.29, 0.717) is 5.56 Å². The smallest absolute Gasteiger partial charge is 0.258 e. The molecular weight excluding hydrogens is 264 g/mol. The lowest BCUT2D eigenvalue weighted by atomic mass is 10.1. The van der Waals surface area contributed by atoms with E-state index in [9.17, 15) is 4.79 Å². The third-order valence-corrected chi connectivity index (χ3v) is 3.46. The Bertz CT molecular complexity index is 791. The summed E-state index contributed by atoms with van der Waals surface area (Å²) in [6, 6.07) is 15.1. The van der Waals surface area contributed by atoms with Gasteiger partial charge in [0.1, 0.15) is 5.75 Å². The van der Waals surface area contributed by atoms with Crippen LogP contribution in [0.1, 0.15) is 16.1 Å². The first kappa shape index (κ1) is 13.2. The molecule has 0 fully saturated rings. The van der Waals surface area contributed by atoms with Gasteiger partial charge in [0.15, 0.2) is 0 Å². The van der Waals surface area contributed by atoms with Gasteiger partial charge in [-0.2, -0.15) is 0 Å². The molecule has 1 amide bonds. The molecule has 21 heavy (non-hydrogen) atoms. The number of H-pyrrole nitrogens is 1. The molecule has 0 bridgehead atoms. The highest BCUT2D eigenvalue weighted by Gasteiger charge is 2.18. The van der Waals surface area contributed by atoms with Crippen molar-refractivity contribution in [2.45, 2.75) is 6.92 Å². The van der Waals surface area contributed by atoms with Crippen LogP contribution in [0, 0.1) is 6.92 Å². The highest BCUT2D eigenvalue weighted by Crippen LogP contribution is 2.29. The molecule has 0 aliphatic rings. The van der Waals surface area contributed by atoms with Gasteiger partial charge < -0.3 is 15.0 Å². The number of rotatable bonds is 3. The quantitative estimate of drug-likeness (QED) is 0.768. The van der Waals surface area contributed by atoms with Crippen molar-refractivity contribution >= 4 is 22.5 Å². The monoisotopic (exact) mass is 280 g/mol. The molecule has 0 aliphatic carbocycles. The molecule has 0 atom stereocenters. The molecule has 1 aromatic heterocycles. The number of aryl methyl sites for hydroxylation is 1. The lowest BCUT2D eigenvalue weighted by molar-refractivity contribution is 0.102. The van der Waals surface area contributed by atoms with Crippen LogP contribution in [0.2, 0.25) is 0 Å². The maximum Gasteiger partial charge on any atom is 0.258 e. The van der Waals surface area contributed by atoms with Crippen molar-refractivity contribution < 1.29 is 9.53 Å². The molecule has 0 spiro atoms. The number of hydrogen-bond acceptors (Lipinski definition) is 2. The lowest BCUT2D eigenvalue weighted by Gasteiger charge is -2.05. The number of benzene rings is 2. The summed E-state index contributed by atoms with van der Waals surface area (Å²) in [6.45, 7) is 1.89. The predicted octanol–water partition coefficient (Wildman–Crippen LogP) is 3.74. The summed E-state index contributed by atoms with van der Waals surface area (Å²) in [5, 5.41) is 3.78. The van der Waals surface area contributed by atoms with Gasteiger partial charge in [-0.25, -0.2) is 0 Å². The van der Waals surface area contributed by atoms with Crippen molar-refractivity contribution in [3.63, 3.8) is 0 Å². The minimum absolute atomic E-state index is 0.127. The molecule has 3 rings (SSSR count). The summed E-state index contributed by atoms with van der Waals surface area (Å²) >= 11 is 0. The van der Waals surface area contributed by atoms with Gasteiger partial charge in [0.05, 0.1) is 18.2 Å². The molecular formula is C17H16N2O2. The van der Waals surface area contributed by atoms with Gasteiger partial charge in [-0.1, -0.05) is 30.3 Å². The summed E-state index contributed by atoms with van der Waals surface area (Å²) in [5.41, 5.74) is 3.09. The van der Waals surface area contributed by atoms with Crippen molar-refractivity contribution in [1.29, 1.82) is 0 Å². The number of fused-ring (bicyclic) bond motifs is 1. The normalized spacial score (nSPS) is 10.6. The van der Waals surface area contributed by atoms with Crippen LogP contribution in [0.4, 0.5) is 5.69 Å². The summed E-state index contributed by atoms with van der Waals surface area (Å²) in [7, 11) is 1.62. The Labute approximate surface area is 122 Å². The zero-order valence-corrected chi connectivity index (χ0v) is 11.9. The third kappa shape index (κ3) is 2.36. The molecule has 0 unspecified atom stereocenters. The number of para-hydroxylation sites is 2. The van der Waals surface area contributed by atoms with Crippen molar-refractivity contribution in [2.75, 3.05) is 12.4 Å². The van der Waals surface area contributed by atoms with E-state index in [1.807, 2.05) is 55.5 Å². The number of hydrogen-bond donors (Lipinski definition) is 2. The van der Waals surface area contributed by atoms with Gasteiger partial charge in [0, 0.05) is 16.8 Å². The first-order chi connectivity index (χ1) is 10.2. The molecule has 0 saturated heterocycles. The van der Waals surface area contributed by atoms with E-state index in [1.165, 1.54) is 0 Å². The number of carbonyl (C=O) groups excluding carboxylic acids is 1. The summed E-state index contributed by atoms with van der Waals surface area (Å²) < 4.78 is 5.33. The van der Waals surface area contributed by atoms with Crippen LogP contribution in [0.15, 0.2) is 48.5 Å². The standard InChI is InChI=1S/C17H16N2O2/c1-11-15(17(20)19-12-7-4-3-5-8-12)13-9-6-10-14(21-2)16(13)18-11/h3-10,18H,1-2H3,(H,19,20). The van der Waals surface area contributed by atoms with Crippen LogP contribution in [0.3, 0.4) is 0 Å². The molecule has 3 aromatic rings. The Kier molecular flexibility index (Phi) is 3.36. The lowest BCUT2D eigenvalue weighted by Crippen LogP contribution is -2.12. The zero-order valence-electron chi connectivity index (χ0n) is 11.9. The number of amides is 1. The van der Waals surface area contributed by atoms with E-state index in [0.717, 1.165) is 28.0 Å². The van der Waals surface area contributed by atoms with Crippen LogP contribution in [0.25, 0.3) is 10.9 Å². The Morgan fingerprint density at radius 3 is 2.57 bits per heavy atom. The van der Waals surface area contributed by atoms with Crippen molar-refractivity contribution in [3.05, 3.63) is 59.8 Å². The van der Waals surface area contributed by atoms with Crippen LogP contribution >= 0.6 is 0 Å². The molecule has 0 aliphatic heterocycles. The van der Waals surface area contributed by atoms with Crippen LogP contribution in [-0.4, -0.2) is 18.0 Å². The maximum atomic E-state index is 12.5. The van der Waals surface area contributed by atoms with Gasteiger partial charge in [-0.3, -0.25) is 4.79 Å². The summed E-state index contributed by atoms with van der Waals surface area (Å²) in [6.07, 6.45) is 0. The van der Waals surface area contributed by atoms with Gasteiger partial charge >= 0.3 is 0 Å². The summed E-state index contributed by atoms with van der Waals surface area (Å²) in [4.78, 5) is 15.8. The van der Waals surface area contributed by atoms with Crippen molar-refractivity contribution in [2.24, 2.45) is 0 Å². The SMILES string of the molecule is COc1cccc2c(C(=O)Nc3ccccc3)c(C)[nH]c12. The number of methoxy groups -OCH3 is 1. The minimum Gasteiger partial charge on any atom is -0.495 e. The van der Waals surface area contributed by atoms with E-state index in [4.69, 9.17) is 4.74 Å². The number of aromatic amines is 1. The molecule has 0 radical (unpaired) electrons. The Morgan fingerprint density at radius 1 is 1.10 bits per heavy atom. The summed E-state index contributed by atoms with van der Waals surface area (Å²) in [5.74, 6) is 0.604. The van der Waals surface area contributed by atoms with Crippen LogP contribution < -0.4 is 10.1 Å². The molecule has 4 heteroatoms. The molecule has 1 heterocycles. The van der Waals surface area contributed by atoms with E-state index >= 15 is 0 Å². The minimum atomic E-state index is -0.127. The van der Waals surface area contributed by atoms with Gasteiger partial charge in [-0.05, 0) is 25.1 Å². The zero-order chi connectivity index (χ0) is 14.8. The maximum absolute atomic E-state index is 12.5. The second-order valence-corrected chi connectivity index (χ2v) is 4.83. The van der Waals surface area contributed by atoms with E-state index in [2.05, 4.69) is 10.3 Å². The first-order valence-corrected chi connectivity index (χ1v) is 6.72. The highest BCUT2D eigenvalue weighted by molar-refractivity contribution is 6.14. The van der Waals surface area contributed by atoms with Crippen molar-refractivity contribution in [1.82, 2.24) is 4.98 Å². The predicted molar refractivity (Wildman–Crippen MR) is 84.0 cm³/mol. The fourth-order valence-corrected chi connectivity index (χ4v) is 2.50. The third-order valence-electron chi connectivity index (χ3n) is 3.46. The molecule has 106 valence electrons. The largest absolute Gasteiger partial charge is 0.495 e. The number of anilines is 1. The molecule has 2 aromatic carbocycles. The molecule has 0 saturated carbocycles. The average molecular weight is 280 g/mol. The van der Waals surface area contributed by atoms with Crippen LogP contribution in [-0.2, 0) is 0 Å². The average Bonchev–Trinajstić information content (AvgIpc) is 2.84. The van der Waals surface area contributed by atoms with Gasteiger partial charge in [0.25, 0.3) is 5.91 Å². The van der Waals surface area contributed by atoms with Gasteiger partial charge in [-0.15, -0.1) is 0 Å². The first-order valence-electron chi connectivity index (χ1n) is 6.72. The second kappa shape index (κ2) is 5.32. The topological polar surface area (TPSA) is 54.1 Å². The van der Waals surface area contributed by atoms with E-state index in [1.54, 1.807) is 7.11 Å².